The lowest BCUT2D eigenvalue weighted by Gasteiger charge is -2.13. The van der Waals surface area contributed by atoms with E-state index in [1.807, 2.05) is 23.8 Å². The van der Waals surface area contributed by atoms with Crippen molar-refractivity contribution >= 4 is 37.3 Å². The molecule has 2 rings (SSSR count). The first-order valence-corrected chi connectivity index (χ1v) is 8.83. The monoisotopic (exact) mass is 360 g/mol. The van der Waals surface area contributed by atoms with E-state index in [1.165, 1.54) is 12.3 Å². The average Bonchev–Trinajstić information content (AvgIpc) is 2.81. The molecule has 4 nitrogen and oxygen atoms in total. The van der Waals surface area contributed by atoms with Crippen LogP contribution in [0.3, 0.4) is 0 Å². The highest BCUT2D eigenvalue weighted by molar-refractivity contribution is 9.10. The van der Waals surface area contributed by atoms with Crippen molar-refractivity contribution in [2.24, 2.45) is 0 Å². The van der Waals surface area contributed by atoms with Gasteiger partial charge in [-0.15, -0.1) is 0 Å². The Balaban J connectivity index is 2.09. The molecule has 2 aromatic rings. The van der Waals surface area contributed by atoms with Crippen molar-refractivity contribution in [1.29, 1.82) is 0 Å². The summed E-state index contributed by atoms with van der Waals surface area (Å²) in [5.74, 6) is 0. The molecule has 0 radical (unpaired) electrons. The molecule has 0 spiro atoms. The Morgan fingerprint density at radius 1 is 1.47 bits per heavy atom. The number of thiophene rings is 1. The Labute approximate surface area is 125 Å². The van der Waals surface area contributed by atoms with Crippen molar-refractivity contribution in [3.63, 3.8) is 0 Å². The van der Waals surface area contributed by atoms with Gasteiger partial charge in [-0.2, -0.15) is 11.3 Å². The molecule has 102 valence electrons. The molecule has 0 saturated carbocycles. The lowest BCUT2D eigenvalue weighted by atomic mass is 10.1. The fourth-order valence-electron chi connectivity index (χ4n) is 1.68. The normalized spacial score (nSPS) is 13.4. The van der Waals surface area contributed by atoms with Crippen LogP contribution >= 0.6 is 27.3 Å². The highest BCUT2D eigenvalue weighted by atomic mass is 79.9. The zero-order valence-electron chi connectivity index (χ0n) is 10.2. The minimum atomic E-state index is -3.52. The van der Waals surface area contributed by atoms with E-state index in [0.717, 1.165) is 5.56 Å². The number of nitrogens with zero attached hydrogens (tertiary/aromatic N) is 1. The van der Waals surface area contributed by atoms with Gasteiger partial charge in [0.1, 0.15) is 4.90 Å². The summed E-state index contributed by atoms with van der Waals surface area (Å²) in [6, 6.07) is 3.36. The van der Waals surface area contributed by atoms with Crippen molar-refractivity contribution in [1.82, 2.24) is 9.71 Å². The van der Waals surface area contributed by atoms with Crippen LogP contribution in [0.1, 0.15) is 12.5 Å². The number of hydrogen-bond donors (Lipinski definition) is 1. The molecule has 0 aromatic carbocycles. The highest BCUT2D eigenvalue weighted by Crippen LogP contribution is 2.15. The van der Waals surface area contributed by atoms with Gasteiger partial charge < -0.3 is 0 Å². The minimum Gasteiger partial charge on any atom is -0.262 e. The van der Waals surface area contributed by atoms with E-state index in [0.29, 0.717) is 10.9 Å². The molecule has 0 aliphatic carbocycles. The van der Waals surface area contributed by atoms with Crippen molar-refractivity contribution in [2.45, 2.75) is 24.3 Å². The van der Waals surface area contributed by atoms with Crippen LogP contribution in [-0.4, -0.2) is 19.4 Å². The third kappa shape index (κ3) is 4.10. The van der Waals surface area contributed by atoms with Crippen molar-refractivity contribution in [3.8, 4) is 0 Å². The first kappa shape index (κ1) is 14.6. The van der Waals surface area contributed by atoms with Gasteiger partial charge in [-0.05, 0) is 57.7 Å². The Hall–Kier alpha value is -0.760. The molecule has 1 atom stereocenters. The molecule has 0 aliphatic heterocycles. The third-order valence-corrected chi connectivity index (χ3v) is 5.19. The van der Waals surface area contributed by atoms with Crippen LogP contribution in [-0.2, 0) is 16.4 Å². The molecule has 0 bridgehead atoms. The molecule has 2 heterocycles. The first-order chi connectivity index (χ1) is 8.97. The zero-order valence-corrected chi connectivity index (χ0v) is 13.4. The van der Waals surface area contributed by atoms with Gasteiger partial charge in [0.05, 0.1) is 0 Å². The van der Waals surface area contributed by atoms with Gasteiger partial charge in [-0.1, -0.05) is 0 Å². The lowest BCUT2D eigenvalue weighted by Crippen LogP contribution is -2.34. The number of sulfonamides is 1. The zero-order chi connectivity index (χ0) is 13.9. The maximum absolute atomic E-state index is 12.2. The van der Waals surface area contributed by atoms with E-state index < -0.39 is 10.0 Å². The van der Waals surface area contributed by atoms with E-state index in [1.54, 1.807) is 17.5 Å². The summed E-state index contributed by atoms with van der Waals surface area (Å²) in [5.41, 5.74) is 1.13. The second-order valence-corrected chi connectivity index (χ2v) is 7.61. The molecule has 0 saturated heterocycles. The molecule has 0 aliphatic rings. The quantitative estimate of drug-likeness (QED) is 0.891. The van der Waals surface area contributed by atoms with Gasteiger partial charge in [0.15, 0.2) is 0 Å². The van der Waals surface area contributed by atoms with Gasteiger partial charge in [-0.3, -0.25) is 4.98 Å². The van der Waals surface area contributed by atoms with E-state index >= 15 is 0 Å². The molecule has 0 amide bonds. The molecular formula is C12H13BrN2O2S2. The number of nitrogens with one attached hydrogen (secondary N) is 1. The number of rotatable bonds is 5. The Kier molecular flexibility index (Phi) is 4.72. The van der Waals surface area contributed by atoms with Crippen molar-refractivity contribution in [3.05, 3.63) is 45.3 Å². The number of pyridine rings is 1. The highest BCUT2D eigenvalue weighted by Gasteiger charge is 2.18. The summed E-state index contributed by atoms with van der Waals surface area (Å²) >= 11 is 4.82. The molecule has 2 aromatic heterocycles. The smallest absolute Gasteiger partial charge is 0.242 e. The third-order valence-electron chi connectivity index (χ3n) is 2.47. The van der Waals surface area contributed by atoms with Crippen LogP contribution in [0.15, 0.2) is 44.7 Å². The summed E-state index contributed by atoms with van der Waals surface area (Å²) in [5, 5.41) is 4.00. The fraction of sp³-hybridized carbons (Fsp3) is 0.250. The second kappa shape index (κ2) is 6.13. The van der Waals surface area contributed by atoms with Gasteiger partial charge in [-0.25, -0.2) is 13.1 Å². The van der Waals surface area contributed by atoms with Crippen LogP contribution in [0.5, 0.6) is 0 Å². The van der Waals surface area contributed by atoms with Gasteiger partial charge in [0, 0.05) is 22.9 Å². The predicted molar refractivity (Wildman–Crippen MR) is 79.7 cm³/mol. The molecule has 1 unspecified atom stereocenters. The van der Waals surface area contributed by atoms with Gasteiger partial charge in [0.2, 0.25) is 10.0 Å². The van der Waals surface area contributed by atoms with Gasteiger partial charge in [0.25, 0.3) is 0 Å². The number of halogens is 1. The average molecular weight is 361 g/mol. The first-order valence-electron chi connectivity index (χ1n) is 5.61. The number of hydrogen-bond acceptors (Lipinski definition) is 4. The summed E-state index contributed by atoms with van der Waals surface area (Å²) in [6.45, 7) is 1.85. The van der Waals surface area contributed by atoms with Gasteiger partial charge >= 0.3 is 0 Å². The lowest BCUT2D eigenvalue weighted by molar-refractivity contribution is 0.559. The summed E-state index contributed by atoms with van der Waals surface area (Å²) in [4.78, 5) is 4.03. The molecule has 0 fully saturated rings. The topological polar surface area (TPSA) is 59.1 Å². The SMILES string of the molecule is CC(Cc1ccsc1)NS(=O)(=O)c1cncc(Br)c1. The van der Waals surface area contributed by atoms with Crippen LogP contribution in [0.25, 0.3) is 0 Å². The van der Waals surface area contributed by atoms with Crippen LogP contribution in [0.2, 0.25) is 0 Å². The predicted octanol–water partition coefficient (Wildman–Crippen LogP) is 2.82. The van der Waals surface area contributed by atoms with Crippen LogP contribution < -0.4 is 4.72 Å². The van der Waals surface area contributed by atoms with E-state index in [4.69, 9.17) is 0 Å². The largest absolute Gasteiger partial charge is 0.262 e. The second-order valence-electron chi connectivity index (χ2n) is 4.20. The van der Waals surface area contributed by atoms with E-state index in [9.17, 15) is 8.42 Å². The Morgan fingerprint density at radius 3 is 2.89 bits per heavy atom. The van der Waals surface area contributed by atoms with Crippen LogP contribution in [0, 0.1) is 0 Å². The molecule has 19 heavy (non-hydrogen) atoms. The summed E-state index contributed by atoms with van der Waals surface area (Å²) < 4.78 is 27.6. The molecule has 1 N–H and O–H groups in total. The number of aromatic nitrogens is 1. The summed E-state index contributed by atoms with van der Waals surface area (Å²) in [7, 11) is -3.52. The standard InChI is InChI=1S/C12H13BrN2O2S2/c1-9(4-10-2-3-18-8-10)15-19(16,17)12-5-11(13)6-14-7-12/h2-3,5-9,15H,4H2,1H3. The minimum absolute atomic E-state index is 0.166. The maximum Gasteiger partial charge on any atom is 0.242 e. The van der Waals surface area contributed by atoms with Crippen molar-refractivity contribution in [2.75, 3.05) is 0 Å². The fourth-order valence-corrected chi connectivity index (χ4v) is 4.11. The van der Waals surface area contributed by atoms with Crippen molar-refractivity contribution < 1.29 is 8.42 Å². The van der Waals surface area contributed by atoms with E-state index in [2.05, 4.69) is 25.6 Å². The Bertz CT molecular complexity index is 642. The maximum atomic E-state index is 12.2. The van der Waals surface area contributed by atoms with E-state index in [-0.39, 0.29) is 10.9 Å². The molecule has 7 heteroatoms. The van der Waals surface area contributed by atoms with Crippen LogP contribution in [0.4, 0.5) is 0 Å². The Morgan fingerprint density at radius 2 is 2.26 bits per heavy atom. The summed E-state index contributed by atoms with van der Waals surface area (Å²) in [6.07, 6.45) is 3.56. The molecular weight excluding hydrogens is 348 g/mol.